The quantitative estimate of drug-likeness (QED) is 0.851. The molecule has 1 aromatic carbocycles. The molecule has 1 aromatic heterocycles. The number of carbonyl (C=O) groups is 2. The van der Waals surface area contributed by atoms with Gasteiger partial charge < -0.3 is 5.32 Å². The Morgan fingerprint density at radius 1 is 1.22 bits per heavy atom. The molecule has 5 nitrogen and oxygen atoms in total. The molecule has 0 radical (unpaired) electrons. The number of halogens is 3. The Bertz CT molecular complexity index is 737. The van der Waals surface area contributed by atoms with Gasteiger partial charge >= 0.3 is 0 Å². The van der Waals surface area contributed by atoms with Crippen LogP contribution in [0.15, 0.2) is 23.6 Å². The number of imide groups is 1. The van der Waals surface area contributed by atoms with Crippen LogP contribution in [0.5, 0.6) is 0 Å². The van der Waals surface area contributed by atoms with Crippen molar-refractivity contribution >= 4 is 46.4 Å². The molecular weight excluding hydrogens is 348 g/mol. The maximum atomic E-state index is 13.5. The van der Waals surface area contributed by atoms with Crippen molar-refractivity contribution in [1.29, 1.82) is 0 Å². The summed E-state index contributed by atoms with van der Waals surface area (Å²) >= 11 is 1.18. The molecule has 1 fully saturated rings. The average Bonchev–Trinajstić information content (AvgIpc) is 3.05. The van der Waals surface area contributed by atoms with E-state index in [0.717, 1.165) is 23.1 Å². The van der Waals surface area contributed by atoms with Crippen LogP contribution >= 0.6 is 23.7 Å². The zero-order valence-corrected chi connectivity index (χ0v) is 13.3. The second-order valence-corrected chi connectivity index (χ2v) is 5.62. The van der Waals surface area contributed by atoms with Crippen LogP contribution < -0.4 is 5.32 Å². The Morgan fingerprint density at radius 2 is 1.91 bits per heavy atom. The van der Waals surface area contributed by atoms with Crippen LogP contribution in [0.3, 0.4) is 0 Å². The number of nitrogens with zero attached hydrogens (tertiary/aromatic N) is 2. The van der Waals surface area contributed by atoms with Gasteiger partial charge in [0.15, 0.2) is 5.13 Å². The number of anilines is 2. The minimum atomic E-state index is -0.594. The van der Waals surface area contributed by atoms with Gasteiger partial charge in [-0.1, -0.05) is 0 Å². The van der Waals surface area contributed by atoms with E-state index in [1.165, 1.54) is 11.3 Å². The lowest BCUT2D eigenvalue weighted by atomic mass is 10.3. The number of thiazole rings is 1. The van der Waals surface area contributed by atoms with Crippen LogP contribution in [0.4, 0.5) is 19.6 Å². The minimum Gasteiger partial charge on any atom is -0.329 e. The Balaban J connectivity index is 0.00000192. The lowest BCUT2D eigenvalue weighted by molar-refractivity contribution is -0.139. The summed E-state index contributed by atoms with van der Waals surface area (Å²) in [7, 11) is 0. The van der Waals surface area contributed by atoms with Crippen molar-refractivity contribution in [1.82, 2.24) is 9.88 Å². The van der Waals surface area contributed by atoms with Crippen molar-refractivity contribution in [2.45, 2.75) is 19.4 Å². The number of benzene rings is 1. The van der Waals surface area contributed by atoms with Crippen molar-refractivity contribution in [3.63, 3.8) is 0 Å². The third-order valence-corrected chi connectivity index (χ3v) is 4.00. The standard InChI is InChI=1S/C14H11F2N3O2S.ClH/c15-8-1-2-10(16)11(5-8)18-14-17-9(7-22-14)6-19-12(20)3-4-13(19)21;/h1-2,5,7H,3-4,6H2,(H,17,18);1H. The van der Waals surface area contributed by atoms with Gasteiger partial charge in [0, 0.05) is 24.3 Å². The largest absolute Gasteiger partial charge is 0.329 e. The molecule has 0 bridgehead atoms. The van der Waals surface area contributed by atoms with Crippen molar-refractivity contribution in [3.05, 3.63) is 40.9 Å². The first kappa shape index (κ1) is 17.3. The molecule has 0 atom stereocenters. The highest BCUT2D eigenvalue weighted by Crippen LogP contribution is 2.25. The molecule has 1 aliphatic rings. The molecule has 1 aliphatic heterocycles. The molecular formula is C14H12ClF2N3O2S. The molecule has 9 heteroatoms. The molecule has 3 rings (SSSR count). The number of hydrogen-bond donors (Lipinski definition) is 1. The first-order valence-corrected chi connectivity index (χ1v) is 7.40. The van der Waals surface area contributed by atoms with Crippen molar-refractivity contribution in [2.75, 3.05) is 5.32 Å². The molecule has 0 unspecified atom stereocenters. The first-order valence-electron chi connectivity index (χ1n) is 6.52. The minimum absolute atomic E-state index is 0. The smallest absolute Gasteiger partial charge is 0.230 e. The predicted molar refractivity (Wildman–Crippen MR) is 83.8 cm³/mol. The van der Waals surface area contributed by atoms with E-state index in [0.29, 0.717) is 10.8 Å². The lowest BCUT2D eigenvalue weighted by Gasteiger charge is -2.11. The van der Waals surface area contributed by atoms with Crippen molar-refractivity contribution in [3.8, 4) is 0 Å². The molecule has 1 N–H and O–H groups in total. The van der Waals surface area contributed by atoms with E-state index >= 15 is 0 Å². The molecule has 0 spiro atoms. The molecule has 2 heterocycles. The lowest BCUT2D eigenvalue weighted by Crippen LogP contribution is -2.28. The van der Waals surface area contributed by atoms with E-state index in [9.17, 15) is 18.4 Å². The molecule has 0 aliphatic carbocycles. The maximum absolute atomic E-state index is 13.5. The highest BCUT2D eigenvalue weighted by molar-refractivity contribution is 7.13. The molecule has 23 heavy (non-hydrogen) atoms. The Morgan fingerprint density at radius 3 is 2.61 bits per heavy atom. The van der Waals surface area contributed by atoms with Crippen LogP contribution in [0, 0.1) is 11.6 Å². The third kappa shape index (κ3) is 3.83. The summed E-state index contributed by atoms with van der Waals surface area (Å²) in [5, 5.41) is 4.71. The van der Waals surface area contributed by atoms with Gasteiger partial charge in [-0.2, -0.15) is 0 Å². The second-order valence-electron chi connectivity index (χ2n) is 4.77. The van der Waals surface area contributed by atoms with E-state index < -0.39 is 11.6 Å². The number of carbonyl (C=O) groups excluding carboxylic acids is 2. The van der Waals surface area contributed by atoms with Gasteiger partial charge in [0.2, 0.25) is 11.8 Å². The van der Waals surface area contributed by atoms with Gasteiger partial charge in [-0.3, -0.25) is 14.5 Å². The fourth-order valence-electron chi connectivity index (χ4n) is 2.11. The SMILES string of the molecule is Cl.O=C1CCC(=O)N1Cc1csc(Nc2cc(F)ccc2F)n1. The van der Waals surface area contributed by atoms with Crippen LogP contribution in [-0.2, 0) is 16.1 Å². The summed E-state index contributed by atoms with van der Waals surface area (Å²) in [6.07, 6.45) is 0.450. The first-order chi connectivity index (χ1) is 10.5. The Kier molecular flexibility index (Phi) is 5.27. The molecule has 0 saturated carbocycles. The zero-order chi connectivity index (χ0) is 15.7. The van der Waals surface area contributed by atoms with E-state index in [1.807, 2.05) is 0 Å². The summed E-state index contributed by atoms with van der Waals surface area (Å²) in [4.78, 5) is 28.4. The van der Waals surface area contributed by atoms with Crippen LogP contribution in [-0.4, -0.2) is 21.7 Å². The third-order valence-electron chi connectivity index (χ3n) is 3.20. The average molecular weight is 360 g/mol. The Hall–Kier alpha value is -2.06. The topological polar surface area (TPSA) is 62.3 Å². The van der Waals surface area contributed by atoms with Gasteiger partial charge in [0.25, 0.3) is 0 Å². The fourth-order valence-corrected chi connectivity index (χ4v) is 2.82. The summed E-state index contributed by atoms with van der Waals surface area (Å²) < 4.78 is 26.6. The monoisotopic (exact) mass is 359 g/mol. The predicted octanol–water partition coefficient (Wildman–Crippen LogP) is 3.24. The Labute approximate surface area is 140 Å². The number of likely N-dealkylation sites (tertiary alicyclic amines) is 1. The van der Waals surface area contributed by atoms with E-state index in [-0.39, 0.29) is 49.3 Å². The van der Waals surface area contributed by atoms with Crippen molar-refractivity contribution in [2.24, 2.45) is 0 Å². The van der Waals surface area contributed by atoms with Gasteiger partial charge in [0.1, 0.15) is 11.6 Å². The zero-order valence-electron chi connectivity index (χ0n) is 11.7. The highest BCUT2D eigenvalue weighted by Gasteiger charge is 2.29. The molecule has 122 valence electrons. The van der Waals surface area contributed by atoms with Crippen LogP contribution in [0.1, 0.15) is 18.5 Å². The van der Waals surface area contributed by atoms with Gasteiger partial charge in [-0.15, -0.1) is 23.7 Å². The summed E-state index contributed by atoms with van der Waals surface area (Å²) in [5.41, 5.74) is 0.502. The van der Waals surface area contributed by atoms with Gasteiger partial charge in [0.05, 0.1) is 17.9 Å². The number of amides is 2. The van der Waals surface area contributed by atoms with Gasteiger partial charge in [-0.25, -0.2) is 13.8 Å². The maximum Gasteiger partial charge on any atom is 0.230 e. The second kappa shape index (κ2) is 7.01. The van der Waals surface area contributed by atoms with Crippen LogP contribution in [0.2, 0.25) is 0 Å². The summed E-state index contributed by atoms with van der Waals surface area (Å²) in [5.74, 6) is -1.59. The molecule has 2 amide bonds. The van der Waals surface area contributed by atoms with Crippen molar-refractivity contribution < 1.29 is 18.4 Å². The summed E-state index contributed by atoms with van der Waals surface area (Å²) in [6.45, 7) is 0.0987. The molecule has 1 saturated heterocycles. The van der Waals surface area contributed by atoms with E-state index in [4.69, 9.17) is 0 Å². The van der Waals surface area contributed by atoms with Gasteiger partial charge in [-0.05, 0) is 12.1 Å². The molecule has 2 aromatic rings. The number of nitrogens with one attached hydrogen (secondary N) is 1. The normalized spacial score (nSPS) is 14.1. The number of hydrogen-bond acceptors (Lipinski definition) is 5. The summed E-state index contributed by atoms with van der Waals surface area (Å²) in [6, 6.07) is 3.08. The van der Waals surface area contributed by atoms with E-state index in [2.05, 4.69) is 10.3 Å². The fraction of sp³-hybridized carbons (Fsp3) is 0.214. The van der Waals surface area contributed by atoms with E-state index in [1.54, 1.807) is 5.38 Å². The van der Waals surface area contributed by atoms with Crippen LogP contribution in [0.25, 0.3) is 0 Å². The number of rotatable bonds is 4. The highest BCUT2D eigenvalue weighted by atomic mass is 35.5. The number of aromatic nitrogens is 1.